The molecule has 1 aliphatic rings. The quantitative estimate of drug-likeness (QED) is 0.0812. The minimum absolute atomic E-state index is 0.0217. The summed E-state index contributed by atoms with van der Waals surface area (Å²) in [5.41, 5.74) is 5.28. The third-order valence-corrected chi connectivity index (χ3v) is 9.76. The first-order chi connectivity index (χ1) is 25.8. The Balaban J connectivity index is 1.47. The summed E-state index contributed by atoms with van der Waals surface area (Å²) in [6.45, 7) is 4.57. The van der Waals surface area contributed by atoms with Gasteiger partial charge < -0.3 is 18.8 Å². The molecule has 1 atom stereocenters. The molecule has 6 aromatic rings. The van der Waals surface area contributed by atoms with Gasteiger partial charge in [0.1, 0.15) is 0 Å². The second-order valence-corrected chi connectivity index (χ2v) is 12.9. The van der Waals surface area contributed by atoms with Crippen LogP contribution in [0.25, 0.3) is 34.3 Å². The van der Waals surface area contributed by atoms with E-state index < -0.39 is 16.9 Å². The van der Waals surface area contributed by atoms with Crippen molar-refractivity contribution in [1.82, 2.24) is 9.13 Å². The van der Waals surface area contributed by atoms with Crippen molar-refractivity contribution in [2.24, 2.45) is 4.99 Å². The second kappa shape index (κ2) is 15.0. The number of methoxy groups -OCH3 is 1. The van der Waals surface area contributed by atoms with Gasteiger partial charge in [-0.2, -0.15) is 0 Å². The number of fused-ring (bicyclic) bond motifs is 1. The third kappa shape index (κ3) is 6.67. The van der Waals surface area contributed by atoms with E-state index in [9.17, 15) is 19.7 Å². The zero-order valence-electron chi connectivity index (χ0n) is 29.1. The van der Waals surface area contributed by atoms with Crippen molar-refractivity contribution in [2.75, 3.05) is 20.3 Å². The maximum atomic E-state index is 14.6. The molecule has 0 unspecified atom stereocenters. The molecule has 2 aromatic heterocycles. The van der Waals surface area contributed by atoms with Gasteiger partial charge in [-0.05, 0) is 66.9 Å². The highest BCUT2D eigenvalue weighted by molar-refractivity contribution is 7.07. The lowest BCUT2D eigenvalue weighted by Crippen LogP contribution is -2.39. The van der Waals surface area contributed by atoms with Gasteiger partial charge in [-0.15, -0.1) is 0 Å². The topological polar surface area (TPSA) is 127 Å². The Morgan fingerprint density at radius 1 is 0.887 bits per heavy atom. The molecule has 1 aliphatic heterocycles. The number of non-ortho nitro benzene ring substituents is 1. The summed E-state index contributed by atoms with van der Waals surface area (Å²) in [6, 6.07) is 32.5. The molecule has 0 spiro atoms. The molecule has 53 heavy (non-hydrogen) atoms. The van der Waals surface area contributed by atoms with Crippen LogP contribution in [-0.4, -0.2) is 40.4 Å². The van der Waals surface area contributed by atoms with E-state index in [4.69, 9.17) is 14.2 Å². The predicted molar refractivity (Wildman–Crippen MR) is 203 cm³/mol. The standard InChI is InChI=1S/C41H34N4O7S/c1-4-51-34-21-16-28(23-35(34)52-5-2)38-32(40(47)50-3)25-42-41-44(38)39(46)36(53-41)24-29-22-33(26-12-8-6-9-13-26)43(37(29)27-14-10-7-11-15-27)30-17-19-31(20-18-30)45(48)49/h6-25,38H,4-5H2,1-3H3/b36-24+/t38-/m1/s1. The molecular formula is C41H34N4O7S. The Bertz CT molecular complexity index is 2540. The van der Waals surface area contributed by atoms with Crippen molar-refractivity contribution >= 4 is 29.1 Å². The summed E-state index contributed by atoms with van der Waals surface area (Å²) in [5, 5.41) is 11.5. The monoisotopic (exact) mass is 726 g/mol. The van der Waals surface area contributed by atoms with E-state index >= 15 is 0 Å². The maximum Gasteiger partial charge on any atom is 0.337 e. The molecule has 7 rings (SSSR count). The van der Waals surface area contributed by atoms with Crippen LogP contribution in [-0.2, 0) is 9.53 Å². The molecule has 11 nitrogen and oxygen atoms in total. The zero-order valence-corrected chi connectivity index (χ0v) is 29.9. The van der Waals surface area contributed by atoms with E-state index in [1.54, 1.807) is 24.3 Å². The van der Waals surface area contributed by atoms with Gasteiger partial charge in [0.25, 0.3) is 11.2 Å². The first-order valence-electron chi connectivity index (χ1n) is 16.9. The number of hydrogen-bond acceptors (Lipinski definition) is 9. The van der Waals surface area contributed by atoms with Gasteiger partial charge in [0, 0.05) is 29.6 Å². The lowest BCUT2D eigenvalue weighted by Gasteiger charge is -2.23. The molecule has 0 N–H and O–H groups in total. The van der Waals surface area contributed by atoms with E-state index in [1.165, 1.54) is 41.3 Å². The van der Waals surface area contributed by atoms with Crippen LogP contribution in [0, 0.1) is 10.1 Å². The Labute approximate surface area is 308 Å². The fourth-order valence-corrected chi connectivity index (χ4v) is 7.43. The van der Waals surface area contributed by atoms with Crippen LogP contribution in [0.1, 0.15) is 31.0 Å². The normalized spacial score (nSPS) is 13.8. The highest BCUT2D eigenvalue weighted by Crippen LogP contribution is 2.38. The summed E-state index contributed by atoms with van der Waals surface area (Å²) >= 11 is 1.21. The number of carbonyl (C=O) groups excluding carboxylic acids is 1. The third-order valence-electron chi connectivity index (χ3n) is 8.76. The minimum Gasteiger partial charge on any atom is -0.490 e. The molecule has 0 saturated carbocycles. The molecule has 0 saturated heterocycles. The van der Waals surface area contributed by atoms with Crippen molar-refractivity contribution in [2.45, 2.75) is 19.9 Å². The molecule has 0 bridgehead atoms. The van der Waals surface area contributed by atoms with Crippen LogP contribution in [0.5, 0.6) is 11.5 Å². The number of ether oxygens (including phenoxy) is 3. The van der Waals surface area contributed by atoms with Crippen LogP contribution >= 0.6 is 11.3 Å². The number of rotatable bonds is 11. The number of aromatic nitrogens is 2. The molecular weight excluding hydrogens is 693 g/mol. The molecule has 0 amide bonds. The average molecular weight is 727 g/mol. The van der Waals surface area contributed by atoms with Crippen molar-refractivity contribution in [3.05, 3.63) is 162 Å². The number of hydrogen-bond donors (Lipinski definition) is 0. The largest absolute Gasteiger partial charge is 0.490 e. The van der Waals surface area contributed by atoms with Gasteiger partial charge in [0.2, 0.25) is 0 Å². The molecule has 0 aliphatic carbocycles. The molecule has 3 heterocycles. The van der Waals surface area contributed by atoms with Crippen LogP contribution in [0.15, 0.2) is 131 Å². The Kier molecular flexibility index (Phi) is 9.87. The number of nitro benzene ring substituents is 1. The smallest absolute Gasteiger partial charge is 0.337 e. The Morgan fingerprint density at radius 2 is 1.55 bits per heavy atom. The maximum absolute atomic E-state index is 14.6. The number of thiazole rings is 1. The van der Waals surface area contributed by atoms with Crippen molar-refractivity contribution < 1.29 is 23.9 Å². The van der Waals surface area contributed by atoms with Crippen LogP contribution in [0.4, 0.5) is 5.69 Å². The van der Waals surface area contributed by atoms with Gasteiger partial charge in [-0.25, -0.2) is 9.79 Å². The van der Waals surface area contributed by atoms with Gasteiger partial charge in [0.15, 0.2) is 16.3 Å². The van der Waals surface area contributed by atoms with Gasteiger partial charge in [0.05, 0.1) is 52.8 Å². The van der Waals surface area contributed by atoms with Crippen LogP contribution < -0.4 is 24.4 Å². The summed E-state index contributed by atoms with van der Waals surface area (Å²) < 4.78 is 20.8. The predicted octanol–water partition coefficient (Wildman–Crippen LogP) is 6.85. The van der Waals surface area contributed by atoms with E-state index in [-0.39, 0.29) is 16.8 Å². The summed E-state index contributed by atoms with van der Waals surface area (Å²) in [6.07, 6.45) is 3.29. The van der Waals surface area contributed by atoms with Gasteiger partial charge in [-0.1, -0.05) is 78.1 Å². The van der Waals surface area contributed by atoms with Gasteiger partial charge in [-0.3, -0.25) is 19.5 Å². The van der Waals surface area contributed by atoms with Crippen molar-refractivity contribution in [3.63, 3.8) is 0 Å². The fraction of sp³-hybridized carbons (Fsp3) is 0.146. The van der Waals surface area contributed by atoms with Gasteiger partial charge >= 0.3 is 5.97 Å². The number of nitrogens with zero attached hydrogens (tertiary/aromatic N) is 4. The van der Waals surface area contributed by atoms with E-state index in [0.717, 1.165) is 28.1 Å². The van der Waals surface area contributed by atoms with Crippen molar-refractivity contribution in [3.8, 4) is 39.7 Å². The molecule has 4 aromatic carbocycles. The van der Waals surface area contributed by atoms with E-state index in [0.29, 0.717) is 45.3 Å². The lowest BCUT2D eigenvalue weighted by atomic mass is 9.97. The summed E-state index contributed by atoms with van der Waals surface area (Å²) in [5.74, 6) is 0.428. The molecule has 0 fully saturated rings. The highest BCUT2D eigenvalue weighted by Gasteiger charge is 2.32. The number of esters is 1. The lowest BCUT2D eigenvalue weighted by molar-refractivity contribution is -0.384. The number of benzene rings is 4. The Morgan fingerprint density at radius 3 is 2.19 bits per heavy atom. The Hall–Kier alpha value is -6.53. The minimum atomic E-state index is -0.853. The van der Waals surface area contributed by atoms with Crippen LogP contribution in [0.2, 0.25) is 0 Å². The van der Waals surface area contributed by atoms with E-state index in [1.807, 2.05) is 97.3 Å². The zero-order chi connectivity index (χ0) is 37.1. The number of nitro groups is 1. The van der Waals surface area contributed by atoms with Crippen molar-refractivity contribution in [1.29, 1.82) is 0 Å². The second-order valence-electron chi connectivity index (χ2n) is 11.9. The SMILES string of the molecule is CCOc1ccc([C@@H]2C(C(=O)OC)=CN=c3s/c(=C/c4cc(-c5ccccc5)n(-c5ccc([N+](=O)[O-])cc5)c4-c4ccccc4)c(=O)n32)cc1OCC. The first-order valence-corrected chi connectivity index (χ1v) is 17.7. The van der Waals surface area contributed by atoms with E-state index in [2.05, 4.69) is 4.99 Å². The molecule has 266 valence electrons. The highest BCUT2D eigenvalue weighted by atomic mass is 32.1. The summed E-state index contributed by atoms with van der Waals surface area (Å²) in [7, 11) is 1.29. The molecule has 12 heteroatoms. The van der Waals surface area contributed by atoms with Crippen LogP contribution in [0.3, 0.4) is 0 Å². The number of carbonyl (C=O) groups is 1. The average Bonchev–Trinajstić information content (AvgIpc) is 3.72. The summed E-state index contributed by atoms with van der Waals surface area (Å²) in [4.78, 5) is 43.8. The molecule has 0 radical (unpaired) electrons. The first kappa shape index (κ1) is 34.9. The fourth-order valence-electron chi connectivity index (χ4n) is 6.47.